The average Bonchev–Trinajstić information content (AvgIpc) is 3.38. The number of piperidine rings is 1. The van der Waals surface area contributed by atoms with E-state index in [9.17, 15) is 27.5 Å². The first-order chi connectivity index (χ1) is 15.5. The van der Waals surface area contributed by atoms with Crippen LogP contribution in [0.5, 0.6) is 0 Å². The van der Waals surface area contributed by atoms with Crippen LogP contribution in [-0.4, -0.2) is 57.8 Å². The first-order valence-electron chi connectivity index (χ1n) is 10.1. The van der Waals surface area contributed by atoms with Crippen LogP contribution in [0.4, 0.5) is 17.6 Å². The standard InChI is InChI=1S/C19H21FN2O3S.C2HF3O2/c20-16-3-1-2-13-10-25-19(17(13)16)4-6-22(7-5-19)9-14(18(23)24)8-15-11-26-12-21-15;3-2(4,5)1(6)7/h1-3,11-12,14H,4-10H2,(H,23,24);(H,6,7). The molecule has 1 unspecified atom stereocenters. The monoisotopic (exact) mass is 490 g/mol. The molecule has 1 aromatic carbocycles. The Kier molecular flexibility index (Phi) is 7.70. The second-order valence-corrected chi connectivity index (χ2v) is 8.60. The number of alkyl halides is 3. The third-order valence-corrected chi connectivity index (χ3v) is 6.37. The highest BCUT2D eigenvalue weighted by atomic mass is 32.1. The van der Waals surface area contributed by atoms with E-state index in [1.807, 2.05) is 11.4 Å². The topological polar surface area (TPSA) is 100.0 Å². The molecular weight excluding hydrogens is 468 g/mol. The third kappa shape index (κ3) is 6.06. The molecule has 0 saturated carbocycles. The quantitative estimate of drug-likeness (QED) is 0.617. The van der Waals surface area contributed by atoms with Gasteiger partial charge in [-0.15, -0.1) is 11.3 Å². The first kappa shape index (κ1) is 25.1. The summed E-state index contributed by atoms with van der Waals surface area (Å²) in [5.41, 5.74) is 3.64. The molecule has 0 amide bonds. The zero-order valence-corrected chi connectivity index (χ0v) is 18.2. The summed E-state index contributed by atoms with van der Waals surface area (Å²) in [6, 6.07) is 5.14. The van der Waals surface area contributed by atoms with Crippen molar-refractivity contribution in [2.75, 3.05) is 19.6 Å². The van der Waals surface area contributed by atoms with Crippen LogP contribution in [0.2, 0.25) is 0 Å². The number of rotatable bonds is 5. The minimum atomic E-state index is -5.08. The van der Waals surface area contributed by atoms with Crippen LogP contribution in [0.15, 0.2) is 29.1 Å². The van der Waals surface area contributed by atoms with Crippen LogP contribution in [0.25, 0.3) is 0 Å². The number of halogens is 4. The highest BCUT2D eigenvalue weighted by Crippen LogP contribution is 2.45. The van der Waals surface area contributed by atoms with Crippen LogP contribution in [0.3, 0.4) is 0 Å². The Bertz CT molecular complexity index is 976. The van der Waals surface area contributed by atoms with Gasteiger partial charge in [0.2, 0.25) is 0 Å². The maximum atomic E-state index is 14.4. The minimum Gasteiger partial charge on any atom is -0.481 e. The number of carboxylic acids is 2. The van der Waals surface area contributed by atoms with Crippen molar-refractivity contribution in [3.8, 4) is 0 Å². The summed E-state index contributed by atoms with van der Waals surface area (Å²) in [6.07, 6.45) is -3.28. The van der Waals surface area contributed by atoms with Gasteiger partial charge in [0.1, 0.15) is 5.82 Å². The van der Waals surface area contributed by atoms with E-state index in [4.69, 9.17) is 14.6 Å². The molecule has 7 nitrogen and oxygen atoms in total. The van der Waals surface area contributed by atoms with Crippen molar-refractivity contribution in [3.63, 3.8) is 0 Å². The largest absolute Gasteiger partial charge is 0.490 e. The number of aliphatic carboxylic acids is 2. The molecule has 1 fully saturated rings. The summed E-state index contributed by atoms with van der Waals surface area (Å²) >= 11 is 1.48. The van der Waals surface area contributed by atoms with Crippen molar-refractivity contribution in [2.24, 2.45) is 5.92 Å². The maximum absolute atomic E-state index is 14.4. The summed E-state index contributed by atoms with van der Waals surface area (Å²) in [6.45, 7) is 2.34. The molecule has 180 valence electrons. The number of hydrogen-bond acceptors (Lipinski definition) is 6. The Morgan fingerprint density at radius 2 is 1.91 bits per heavy atom. The van der Waals surface area contributed by atoms with E-state index in [0.717, 1.165) is 11.3 Å². The van der Waals surface area contributed by atoms with Crippen molar-refractivity contribution in [2.45, 2.75) is 37.6 Å². The zero-order chi connectivity index (χ0) is 24.2. The molecule has 2 N–H and O–H groups in total. The van der Waals surface area contributed by atoms with Gasteiger partial charge in [-0.25, -0.2) is 14.2 Å². The highest BCUT2D eigenvalue weighted by Gasteiger charge is 2.44. The van der Waals surface area contributed by atoms with Gasteiger partial charge < -0.3 is 19.8 Å². The Morgan fingerprint density at radius 3 is 2.45 bits per heavy atom. The van der Waals surface area contributed by atoms with E-state index in [1.165, 1.54) is 17.4 Å². The molecule has 3 heterocycles. The minimum absolute atomic E-state index is 0.194. The SMILES string of the molecule is O=C(O)C(Cc1cscn1)CN1CCC2(CC1)OCc1cccc(F)c12.O=C(O)C(F)(F)F. The fraction of sp³-hybridized carbons (Fsp3) is 0.476. The van der Waals surface area contributed by atoms with E-state index < -0.39 is 29.6 Å². The van der Waals surface area contributed by atoms with Crippen LogP contribution in [-0.2, 0) is 33.0 Å². The summed E-state index contributed by atoms with van der Waals surface area (Å²) in [7, 11) is 0. The van der Waals surface area contributed by atoms with Crippen molar-refractivity contribution in [1.82, 2.24) is 9.88 Å². The smallest absolute Gasteiger partial charge is 0.481 e. The summed E-state index contributed by atoms with van der Waals surface area (Å²) in [5, 5.41) is 18.6. The molecule has 0 aliphatic carbocycles. The number of likely N-dealkylation sites (tertiary alicyclic amines) is 1. The Hall–Kier alpha value is -2.57. The predicted octanol–water partition coefficient (Wildman–Crippen LogP) is 3.68. The lowest BCUT2D eigenvalue weighted by molar-refractivity contribution is -0.192. The maximum Gasteiger partial charge on any atom is 0.490 e. The van der Waals surface area contributed by atoms with E-state index >= 15 is 0 Å². The summed E-state index contributed by atoms with van der Waals surface area (Å²) < 4.78 is 52.1. The van der Waals surface area contributed by atoms with Gasteiger partial charge in [0.25, 0.3) is 0 Å². The lowest BCUT2D eigenvalue weighted by Crippen LogP contribution is -2.45. The normalized spacial score (nSPS) is 18.3. The first-order valence-corrected chi connectivity index (χ1v) is 11.0. The molecule has 33 heavy (non-hydrogen) atoms. The second-order valence-electron chi connectivity index (χ2n) is 7.88. The van der Waals surface area contributed by atoms with Gasteiger partial charge in [0.05, 0.1) is 29.3 Å². The molecule has 1 atom stereocenters. The van der Waals surface area contributed by atoms with Gasteiger partial charge in [0, 0.05) is 37.0 Å². The van der Waals surface area contributed by atoms with Gasteiger partial charge in [0.15, 0.2) is 0 Å². The third-order valence-electron chi connectivity index (χ3n) is 5.73. The van der Waals surface area contributed by atoms with Crippen molar-refractivity contribution < 1.29 is 42.1 Å². The van der Waals surface area contributed by atoms with E-state index in [0.29, 0.717) is 51.1 Å². The number of fused-ring (bicyclic) bond motifs is 2. The molecular formula is C21H22F4N2O5S. The van der Waals surface area contributed by atoms with E-state index in [2.05, 4.69) is 9.88 Å². The molecule has 2 aromatic rings. The number of aromatic nitrogens is 1. The van der Waals surface area contributed by atoms with Crippen LogP contribution >= 0.6 is 11.3 Å². The van der Waals surface area contributed by atoms with Gasteiger partial charge in [-0.05, 0) is 24.5 Å². The van der Waals surface area contributed by atoms with Crippen LogP contribution in [0, 0.1) is 11.7 Å². The molecule has 1 spiro atoms. The van der Waals surface area contributed by atoms with Crippen LogP contribution in [0.1, 0.15) is 29.7 Å². The Balaban J connectivity index is 0.000000383. The number of carbonyl (C=O) groups is 2. The fourth-order valence-electron chi connectivity index (χ4n) is 4.11. The van der Waals surface area contributed by atoms with Gasteiger partial charge >= 0.3 is 18.1 Å². The zero-order valence-electron chi connectivity index (χ0n) is 17.3. The van der Waals surface area contributed by atoms with Gasteiger partial charge in [-0.3, -0.25) is 4.79 Å². The van der Waals surface area contributed by atoms with Crippen molar-refractivity contribution in [3.05, 3.63) is 51.7 Å². The average molecular weight is 490 g/mol. The molecule has 12 heteroatoms. The molecule has 0 bridgehead atoms. The van der Waals surface area contributed by atoms with Gasteiger partial charge in [-0.1, -0.05) is 12.1 Å². The predicted molar refractivity (Wildman–Crippen MR) is 109 cm³/mol. The van der Waals surface area contributed by atoms with Gasteiger partial charge in [-0.2, -0.15) is 13.2 Å². The number of benzene rings is 1. The number of thiazole rings is 1. The number of ether oxygens (including phenoxy) is 1. The lowest BCUT2D eigenvalue weighted by atomic mass is 9.83. The van der Waals surface area contributed by atoms with Crippen molar-refractivity contribution >= 4 is 23.3 Å². The number of carboxylic acid groups (broad SMARTS) is 2. The van der Waals surface area contributed by atoms with E-state index in [-0.39, 0.29) is 5.82 Å². The number of hydrogen-bond donors (Lipinski definition) is 2. The van der Waals surface area contributed by atoms with Crippen LogP contribution < -0.4 is 0 Å². The molecule has 0 radical (unpaired) electrons. The summed E-state index contributed by atoms with van der Waals surface area (Å²) in [4.78, 5) is 26.9. The molecule has 2 aliphatic rings. The molecule has 4 rings (SSSR count). The summed E-state index contributed by atoms with van der Waals surface area (Å²) in [5.74, 6) is -4.24. The molecule has 2 aliphatic heterocycles. The Morgan fingerprint density at radius 1 is 1.24 bits per heavy atom. The Labute approximate surface area is 190 Å². The highest BCUT2D eigenvalue weighted by molar-refractivity contribution is 7.07. The van der Waals surface area contributed by atoms with E-state index in [1.54, 1.807) is 11.6 Å². The fourth-order valence-corrected chi connectivity index (χ4v) is 4.68. The van der Waals surface area contributed by atoms with Crippen molar-refractivity contribution in [1.29, 1.82) is 0 Å². The second kappa shape index (κ2) is 10.1. The molecule has 1 aromatic heterocycles. The number of nitrogens with zero attached hydrogens (tertiary/aromatic N) is 2. The lowest BCUT2D eigenvalue weighted by Gasteiger charge is -2.40. The molecule has 1 saturated heterocycles.